The average molecular weight is 203 g/mol. The predicted molar refractivity (Wildman–Crippen MR) is 59.8 cm³/mol. The van der Waals surface area contributed by atoms with Crippen LogP contribution in [-0.4, -0.2) is 4.98 Å². The van der Waals surface area contributed by atoms with Crippen LogP contribution in [0.15, 0.2) is 6.07 Å². The molecule has 0 aliphatic carbocycles. The molecule has 0 aliphatic heterocycles. The van der Waals surface area contributed by atoms with Crippen molar-refractivity contribution in [3.63, 3.8) is 0 Å². The summed E-state index contributed by atoms with van der Waals surface area (Å²) >= 11 is 1.53. The molecule has 0 unspecified atom stereocenters. The van der Waals surface area contributed by atoms with Crippen LogP contribution < -0.4 is 5.73 Å². The van der Waals surface area contributed by atoms with E-state index in [2.05, 4.69) is 9.83 Å². The van der Waals surface area contributed by atoms with E-state index in [1.54, 1.807) is 0 Å². The monoisotopic (exact) mass is 203 g/mol. The van der Waals surface area contributed by atoms with Crippen LogP contribution in [0.5, 0.6) is 0 Å². The number of hydrogen-bond donors (Lipinski definition) is 1. The first-order chi connectivity index (χ1) is 6.63. The van der Waals surface area contributed by atoms with Gasteiger partial charge in [0.15, 0.2) is 0 Å². The van der Waals surface area contributed by atoms with Gasteiger partial charge in [0.2, 0.25) is 5.69 Å². The molecule has 0 atom stereocenters. The molecule has 0 saturated carbocycles. The number of hydrogen-bond acceptors (Lipinski definition) is 3. The zero-order valence-electron chi connectivity index (χ0n) is 7.96. The summed E-state index contributed by atoms with van der Waals surface area (Å²) in [7, 11) is 0. The number of nitrogens with zero attached hydrogens (tertiary/aromatic N) is 2. The molecule has 2 heterocycles. The number of nitrogen functional groups attached to an aromatic ring is 1. The van der Waals surface area contributed by atoms with Crippen LogP contribution >= 0.6 is 11.3 Å². The summed E-state index contributed by atoms with van der Waals surface area (Å²) in [6, 6.07) is 1.81. The van der Waals surface area contributed by atoms with E-state index in [1.165, 1.54) is 11.3 Å². The lowest BCUT2D eigenvalue weighted by Gasteiger charge is -1.98. The third kappa shape index (κ3) is 1.14. The maximum Gasteiger partial charge on any atom is 0.211 e. The number of aryl methyl sites for hydroxylation is 2. The van der Waals surface area contributed by atoms with Gasteiger partial charge < -0.3 is 5.73 Å². The molecule has 0 radical (unpaired) electrons. The van der Waals surface area contributed by atoms with E-state index in [-0.39, 0.29) is 0 Å². The number of anilines is 1. The molecule has 0 fully saturated rings. The van der Waals surface area contributed by atoms with Crippen molar-refractivity contribution in [1.29, 1.82) is 0 Å². The lowest BCUT2D eigenvalue weighted by atomic mass is 10.2. The fourth-order valence-electron chi connectivity index (χ4n) is 1.48. The fourth-order valence-corrected chi connectivity index (χ4v) is 2.53. The van der Waals surface area contributed by atoms with Crippen LogP contribution in [0.3, 0.4) is 0 Å². The van der Waals surface area contributed by atoms with Gasteiger partial charge in [-0.05, 0) is 19.9 Å². The van der Waals surface area contributed by atoms with Gasteiger partial charge >= 0.3 is 0 Å². The van der Waals surface area contributed by atoms with E-state index in [4.69, 9.17) is 12.3 Å². The minimum Gasteiger partial charge on any atom is -0.399 e. The van der Waals surface area contributed by atoms with Gasteiger partial charge in [0, 0.05) is 21.6 Å². The molecule has 2 rings (SSSR count). The number of rotatable bonds is 0. The number of thiophene rings is 1. The van der Waals surface area contributed by atoms with E-state index in [9.17, 15) is 0 Å². The maximum absolute atomic E-state index is 7.08. The van der Waals surface area contributed by atoms with Gasteiger partial charge in [-0.25, -0.2) is 9.83 Å². The van der Waals surface area contributed by atoms with Crippen molar-refractivity contribution in [3.05, 3.63) is 28.1 Å². The Morgan fingerprint density at radius 3 is 2.86 bits per heavy atom. The second-order valence-corrected chi connectivity index (χ2v) is 4.35. The predicted octanol–water partition coefficient (Wildman–Crippen LogP) is 3.05. The van der Waals surface area contributed by atoms with Gasteiger partial charge in [0.1, 0.15) is 4.83 Å². The Kier molecular flexibility index (Phi) is 1.90. The van der Waals surface area contributed by atoms with Gasteiger partial charge in [0.05, 0.1) is 6.57 Å². The molecular weight excluding hydrogens is 194 g/mol. The average Bonchev–Trinajstić information content (AvgIpc) is 2.40. The molecule has 2 aromatic rings. The van der Waals surface area contributed by atoms with Crippen LogP contribution in [0.25, 0.3) is 15.1 Å². The van der Waals surface area contributed by atoms with Gasteiger partial charge in [-0.2, -0.15) is 0 Å². The van der Waals surface area contributed by atoms with E-state index < -0.39 is 0 Å². The molecular formula is C10H9N3S. The lowest BCUT2D eigenvalue weighted by Crippen LogP contribution is -1.88. The lowest BCUT2D eigenvalue weighted by molar-refractivity contribution is 1.27. The topological polar surface area (TPSA) is 43.3 Å². The summed E-state index contributed by atoms with van der Waals surface area (Å²) in [6.07, 6.45) is 0. The second-order valence-electron chi connectivity index (χ2n) is 3.15. The van der Waals surface area contributed by atoms with Crippen LogP contribution in [0.4, 0.5) is 11.4 Å². The van der Waals surface area contributed by atoms with Crippen molar-refractivity contribution in [3.8, 4) is 0 Å². The van der Waals surface area contributed by atoms with Crippen molar-refractivity contribution in [2.24, 2.45) is 0 Å². The molecule has 14 heavy (non-hydrogen) atoms. The molecule has 70 valence electrons. The Balaban J connectivity index is 2.97. The minimum atomic E-state index is 0.648. The summed E-state index contributed by atoms with van der Waals surface area (Å²) in [5.74, 6) is 0. The van der Waals surface area contributed by atoms with Crippen molar-refractivity contribution < 1.29 is 0 Å². The van der Waals surface area contributed by atoms with Crippen LogP contribution in [0.2, 0.25) is 0 Å². The van der Waals surface area contributed by atoms with Gasteiger partial charge in [-0.3, -0.25) is 0 Å². The molecule has 4 heteroatoms. The van der Waals surface area contributed by atoms with Crippen molar-refractivity contribution in [1.82, 2.24) is 4.98 Å². The molecule has 0 aliphatic rings. The molecule has 2 aromatic heterocycles. The zero-order chi connectivity index (χ0) is 10.3. The van der Waals surface area contributed by atoms with Crippen LogP contribution in [-0.2, 0) is 0 Å². The number of nitrogens with two attached hydrogens (primary N) is 1. The van der Waals surface area contributed by atoms with E-state index in [0.29, 0.717) is 11.4 Å². The first-order valence-corrected chi connectivity index (χ1v) is 4.99. The highest BCUT2D eigenvalue weighted by Gasteiger charge is 2.12. The summed E-state index contributed by atoms with van der Waals surface area (Å²) < 4.78 is 0. The molecule has 0 bridgehead atoms. The largest absolute Gasteiger partial charge is 0.399 e. The quantitative estimate of drug-likeness (QED) is 0.669. The third-order valence-corrected chi connectivity index (χ3v) is 3.06. The van der Waals surface area contributed by atoms with E-state index in [1.807, 2.05) is 19.9 Å². The Morgan fingerprint density at radius 1 is 1.50 bits per heavy atom. The van der Waals surface area contributed by atoms with E-state index >= 15 is 0 Å². The summed E-state index contributed by atoms with van der Waals surface area (Å²) in [6.45, 7) is 10.9. The molecule has 0 aromatic carbocycles. The molecule has 3 nitrogen and oxygen atoms in total. The highest BCUT2D eigenvalue weighted by molar-refractivity contribution is 7.19. The molecule has 0 spiro atoms. The first kappa shape index (κ1) is 8.97. The third-order valence-electron chi connectivity index (χ3n) is 2.08. The fraction of sp³-hybridized carbons (Fsp3) is 0.200. The maximum atomic E-state index is 7.08. The Labute approximate surface area is 86.0 Å². The highest BCUT2D eigenvalue weighted by Crippen LogP contribution is 2.39. The summed E-state index contributed by atoms with van der Waals surface area (Å²) in [5.41, 5.74) is 8.07. The minimum absolute atomic E-state index is 0.648. The van der Waals surface area contributed by atoms with Crippen molar-refractivity contribution >= 4 is 32.9 Å². The Bertz CT molecular complexity index is 548. The van der Waals surface area contributed by atoms with Crippen molar-refractivity contribution in [2.75, 3.05) is 5.73 Å². The molecule has 2 N–H and O–H groups in total. The number of pyridine rings is 1. The molecule has 0 amide bonds. The summed E-state index contributed by atoms with van der Waals surface area (Å²) in [5, 5.41) is 0.813. The van der Waals surface area contributed by atoms with Crippen molar-refractivity contribution in [2.45, 2.75) is 13.8 Å². The Hall–Kier alpha value is -1.60. The van der Waals surface area contributed by atoms with E-state index in [0.717, 1.165) is 20.8 Å². The number of fused-ring (bicyclic) bond motifs is 1. The normalized spacial score (nSPS) is 10.4. The second kappa shape index (κ2) is 2.96. The van der Waals surface area contributed by atoms with Crippen LogP contribution in [0, 0.1) is 20.4 Å². The van der Waals surface area contributed by atoms with Gasteiger partial charge in [0.25, 0.3) is 0 Å². The van der Waals surface area contributed by atoms with Crippen LogP contribution in [0.1, 0.15) is 10.6 Å². The zero-order valence-corrected chi connectivity index (χ0v) is 8.77. The molecule has 0 saturated heterocycles. The summed E-state index contributed by atoms with van der Waals surface area (Å²) in [4.78, 5) is 9.70. The highest BCUT2D eigenvalue weighted by atomic mass is 32.1. The van der Waals surface area contributed by atoms with Gasteiger partial charge in [-0.15, -0.1) is 11.3 Å². The number of aromatic nitrogens is 1. The Morgan fingerprint density at radius 2 is 2.21 bits per heavy atom. The van der Waals surface area contributed by atoms with Gasteiger partial charge in [-0.1, -0.05) is 0 Å². The smallest absolute Gasteiger partial charge is 0.211 e. The SMILES string of the molecule is [C-]#[N+]c1c(C)sc2nc(C)cc(N)c12. The standard InChI is InChI=1S/C10H9N3S/c1-5-4-7(11)8-9(12-3)6(2)14-10(8)13-5/h4H,1-2H3,(H2,11,13). The first-order valence-electron chi connectivity index (χ1n) is 4.17.